The molecule has 2 aromatic heterocycles. The van der Waals surface area contributed by atoms with Gasteiger partial charge in [0.05, 0.1) is 5.02 Å². The molecule has 0 atom stereocenters. The van der Waals surface area contributed by atoms with Crippen molar-refractivity contribution in [2.45, 2.75) is 6.92 Å². The molecule has 0 aliphatic heterocycles. The minimum absolute atomic E-state index is 0.256. The molecule has 0 aromatic carbocycles. The molecule has 0 radical (unpaired) electrons. The zero-order valence-electron chi connectivity index (χ0n) is 8.50. The van der Waals surface area contributed by atoms with Crippen molar-refractivity contribution in [1.29, 1.82) is 0 Å². The number of rotatable bonds is 2. The van der Waals surface area contributed by atoms with Gasteiger partial charge in [0.1, 0.15) is 5.82 Å². The molecule has 0 spiro atoms. The number of aromatic nitrogens is 3. The first kappa shape index (κ1) is 11.1. The highest BCUT2D eigenvalue weighted by atomic mass is 35.5. The zero-order valence-corrected chi connectivity index (χ0v) is 9.26. The lowest BCUT2D eigenvalue weighted by Crippen LogP contribution is -2.30. The van der Waals surface area contributed by atoms with Gasteiger partial charge in [0.2, 0.25) is 0 Å². The van der Waals surface area contributed by atoms with E-state index in [1.54, 1.807) is 17.0 Å². The molecule has 82 valence electrons. The van der Waals surface area contributed by atoms with Crippen molar-refractivity contribution in [3.8, 4) is 5.82 Å². The van der Waals surface area contributed by atoms with Gasteiger partial charge in [0, 0.05) is 24.1 Å². The zero-order chi connectivity index (χ0) is 11.7. The van der Waals surface area contributed by atoms with Crippen LogP contribution in [0.3, 0.4) is 0 Å². The van der Waals surface area contributed by atoms with Gasteiger partial charge in [-0.1, -0.05) is 11.6 Å². The van der Waals surface area contributed by atoms with Gasteiger partial charge in [-0.15, -0.1) is 0 Å². The molecule has 0 unspecified atom stereocenters. The highest BCUT2D eigenvalue weighted by Crippen LogP contribution is 2.17. The number of imidazole rings is 1. The molecule has 5 nitrogen and oxygen atoms in total. The standard InChI is InChI=1S/C9H9BClN3O2/c1-6-12-2-3-14(6)9-8(11)4-7(5-13-9)10(15)16/h2-5,15-16H,1H3. The first-order valence-electron chi connectivity index (χ1n) is 4.61. The fourth-order valence-electron chi connectivity index (χ4n) is 1.37. The number of pyridine rings is 1. The van der Waals surface area contributed by atoms with Gasteiger partial charge in [-0.3, -0.25) is 4.57 Å². The summed E-state index contributed by atoms with van der Waals surface area (Å²) in [6.45, 7) is 1.83. The summed E-state index contributed by atoms with van der Waals surface area (Å²) in [5.74, 6) is 1.27. The van der Waals surface area contributed by atoms with E-state index in [0.717, 1.165) is 5.82 Å². The normalized spacial score (nSPS) is 10.5. The third-order valence-electron chi connectivity index (χ3n) is 2.19. The van der Waals surface area contributed by atoms with Crippen molar-refractivity contribution in [2.24, 2.45) is 0 Å². The third kappa shape index (κ3) is 1.95. The van der Waals surface area contributed by atoms with Gasteiger partial charge in [-0.25, -0.2) is 9.97 Å². The highest BCUT2D eigenvalue weighted by molar-refractivity contribution is 6.58. The maximum absolute atomic E-state index is 8.96. The summed E-state index contributed by atoms with van der Waals surface area (Å²) < 4.78 is 1.72. The molecule has 0 fully saturated rings. The van der Waals surface area contributed by atoms with E-state index < -0.39 is 7.12 Å². The Morgan fingerprint density at radius 2 is 2.12 bits per heavy atom. The van der Waals surface area contributed by atoms with E-state index in [1.165, 1.54) is 12.3 Å². The predicted molar refractivity (Wildman–Crippen MR) is 60.9 cm³/mol. The molecular formula is C9H9BClN3O2. The van der Waals surface area contributed by atoms with Gasteiger partial charge < -0.3 is 10.0 Å². The number of halogens is 1. The monoisotopic (exact) mass is 237 g/mol. The van der Waals surface area contributed by atoms with Crippen LogP contribution in [0.5, 0.6) is 0 Å². The molecule has 0 saturated heterocycles. The van der Waals surface area contributed by atoms with E-state index in [-0.39, 0.29) is 5.46 Å². The van der Waals surface area contributed by atoms with E-state index in [4.69, 9.17) is 21.6 Å². The Hall–Kier alpha value is -1.37. The van der Waals surface area contributed by atoms with Crippen LogP contribution in [0, 0.1) is 6.92 Å². The van der Waals surface area contributed by atoms with Crippen LogP contribution in [0.1, 0.15) is 5.82 Å². The average molecular weight is 237 g/mol. The number of nitrogens with zero attached hydrogens (tertiary/aromatic N) is 3. The molecule has 0 aliphatic carbocycles. The lowest BCUT2D eigenvalue weighted by molar-refractivity contribution is 0.425. The Morgan fingerprint density at radius 3 is 2.62 bits per heavy atom. The molecule has 7 heteroatoms. The second-order valence-corrected chi connectivity index (χ2v) is 3.70. The van der Waals surface area contributed by atoms with Crippen molar-refractivity contribution in [1.82, 2.24) is 14.5 Å². The average Bonchev–Trinajstić information content (AvgIpc) is 2.64. The lowest BCUT2D eigenvalue weighted by Gasteiger charge is -2.07. The van der Waals surface area contributed by atoms with Gasteiger partial charge in [0.25, 0.3) is 0 Å². The summed E-state index contributed by atoms with van der Waals surface area (Å²) >= 11 is 6.00. The van der Waals surface area contributed by atoms with E-state index in [0.29, 0.717) is 10.8 Å². The largest absolute Gasteiger partial charge is 0.490 e. The summed E-state index contributed by atoms with van der Waals surface area (Å²) in [5, 5.41) is 18.3. The first-order valence-corrected chi connectivity index (χ1v) is 4.99. The molecular weight excluding hydrogens is 228 g/mol. The summed E-state index contributed by atoms with van der Waals surface area (Å²) in [6.07, 6.45) is 4.74. The summed E-state index contributed by atoms with van der Waals surface area (Å²) in [7, 11) is -1.57. The molecule has 2 aromatic rings. The molecule has 16 heavy (non-hydrogen) atoms. The van der Waals surface area contributed by atoms with Gasteiger partial charge in [-0.2, -0.15) is 0 Å². The first-order chi connectivity index (χ1) is 7.59. The van der Waals surface area contributed by atoms with Crippen LogP contribution in [0.25, 0.3) is 5.82 Å². The Kier molecular flexibility index (Phi) is 2.96. The van der Waals surface area contributed by atoms with E-state index in [1.807, 2.05) is 6.92 Å². The predicted octanol–water partition coefficient (Wildman–Crippen LogP) is -0.0911. The molecule has 2 heterocycles. The van der Waals surface area contributed by atoms with Crippen LogP contribution in [-0.2, 0) is 0 Å². The van der Waals surface area contributed by atoms with Crippen molar-refractivity contribution in [2.75, 3.05) is 0 Å². The van der Waals surface area contributed by atoms with Crippen LogP contribution in [0.15, 0.2) is 24.7 Å². The topological polar surface area (TPSA) is 71.2 Å². The second-order valence-electron chi connectivity index (χ2n) is 3.29. The smallest absolute Gasteiger partial charge is 0.423 e. The Morgan fingerprint density at radius 1 is 1.38 bits per heavy atom. The van der Waals surface area contributed by atoms with E-state index in [2.05, 4.69) is 9.97 Å². The van der Waals surface area contributed by atoms with Crippen molar-refractivity contribution >= 4 is 24.2 Å². The number of aryl methyl sites for hydroxylation is 1. The molecule has 0 bridgehead atoms. The summed E-state index contributed by atoms with van der Waals surface area (Å²) in [6, 6.07) is 1.47. The quantitative estimate of drug-likeness (QED) is 0.716. The maximum atomic E-state index is 8.96. The van der Waals surface area contributed by atoms with Crippen molar-refractivity contribution in [3.63, 3.8) is 0 Å². The van der Waals surface area contributed by atoms with Crippen molar-refractivity contribution < 1.29 is 10.0 Å². The maximum Gasteiger partial charge on any atom is 0.490 e. The third-order valence-corrected chi connectivity index (χ3v) is 2.47. The van der Waals surface area contributed by atoms with Crippen molar-refractivity contribution in [3.05, 3.63) is 35.5 Å². The SMILES string of the molecule is Cc1nccn1-c1ncc(B(O)O)cc1Cl. The van der Waals surface area contributed by atoms with E-state index in [9.17, 15) is 0 Å². The Balaban J connectivity index is 2.48. The molecule has 0 amide bonds. The summed E-state index contributed by atoms with van der Waals surface area (Å²) in [4.78, 5) is 8.13. The molecule has 2 rings (SSSR count). The molecule has 2 N–H and O–H groups in total. The Labute approximate surface area is 97.5 Å². The van der Waals surface area contributed by atoms with Crippen LogP contribution >= 0.6 is 11.6 Å². The van der Waals surface area contributed by atoms with Gasteiger partial charge in [0.15, 0.2) is 5.82 Å². The lowest BCUT2D eigenvalue weighted by atomic mass is 9.82. The molecule has 0 aliphatic rings. The molecule has 0 saturated carbocycles. The van der Waals surface area contributed by atoms with E-state index >= 15 is 0 Å². The minimum atomic E-state index is -1.57. The fraction of sp³-hybridized carbons (Fsp3) is 0.111. The van der Waals surface area contributed by atoms with Crippen LogP contribution in [-0.4, -0.2) is 31.7 Å². The minimum Gasteiger partial charge on any atom is -0.423 e. The number of hydrogen-bond donors (Lipinski definition) is 2. The van der Waals surface area contributed by atoms with Gasteiger partial charge in [-0.05, 0) is 13.0 Å². The van der Waals surface area contributed by atoms with Gasteiger partial charge >= 0.3 is 7.12 Å². The number of hydrogen-bond acceptors (Lipinski definition) is 4. The second kappa shape index (κ2) is 4.25. The highest BCUT2D eigenvalue weighted by Gasteiger charge is 2.15. The van der Waals surface area contributed by atoms with Crippen LogP contribution < -0.4 is 5.46 Å². The fourth-order valence-corrected chi connectivity index (χ4v) is 1.63. The Bertz CT molecular complexity index is 515. The van der Waals surface area contributed by atoms with Crippen LogP contribution in [0.2, 0.25) is 5.02 Å². The van der Waals surface area contributed by atoms with Crippen LogP contribution in [0.4, 0.5) is 0 Å². The summed E-state index contributed by atoms with van der Waals surface area (Å²) in [5.41, 5.74) is 0.256.